The lowest BCUT2D eigenvalue weighted by Gasteiger charge is -2.18. The second-order valence-electron chi connectivity index (χ2n) is 15.9. The van der Waals surface area contributed by atoms with Crippen molar-refractivity contribution >= 4 is 85.6 Å². The van der Waals surface area contributed by atoms with Crippen LogP contribution in [0.15, 0.2) is 206 Å². The van der Waals surface area contributed by atoms with E-state index in [1.54, 1.807) is 0 Å². The Hall–Kier alpha value is -7.99. The van der Waals surface area contributed by atoms with Gasteiger partial charge in [-0.25, -0.2) is 15.0 Å². The maximum absolute atomic E-state index is 5.45. The lowest BCUT2D eigenvalue weighted by molar-refractivity contribution is 1.08. The molecule has 62 heavy (non-hydrogen) atoms. The SMILES string of the molecule is c1ccc(-c2nc(-c3ccc(-n4c5ccccc5c5cc6ccccc6cc54)cc3-c3c4ccccc4cc4sc5ccccc5c34)nc(-c3cccc4ccccc34)n2)cc1. The van der Waals surface area contributed by atoms with E-state index in [9.17, 15) is 0 Å². The first kappa shape index (κ1) is 34.8. The van der Waals surface area contributed by atoms with E-state index >= 15 is 0 Å². The Kier molecular flexibility index (Phi) is 7.74. The third-order valence-electron chi connectivity index (χ3n) is 12.4. The van der Waals surface area contributed by atoms with Gasteiger partial charge in [-0.15, -0.1) is 11.3 Å². The molecule has 13 aromatic rings. The molecule has 0 aliphatic rings. The van der Waals surface area contributed by atoms with Crippen LogP contribution in [0.5, 0.6) is 0 Å². The molecule has 10 aromatic carbocycles. The van der Waals surface area contributed by atoms with Crippen molar-refractivity contribution in [3.05, 3.63) is 206 Å². The molecule has 0 saturated heterocycles. The third kappa shape index (κ3) is 5.42. The van der Waals surface area contributed by atoms with Gasteiger partial charge in [0.15, 0.2) is 17.5 Å². The summed E-state index contributed by atoms with van der Waals surface area (Å²) < 4.78 is 4.94. The summed E-state index contributed by atoms with van der Waals surface area (Å²) in [4.78, 5) is 16.0. The van der Waals surface area contributed by atoms with E-state index in [0.29, 0.717) is 17.5 Å². The molecule has 3 aromatic heterocycles. The summed E-state index contributed by atoms with van der Waals surface area (Å²) in [6, 6.07) is 74.0. The van der Waals surface area contributed by atoms with E-state index in [0.717, 1.165) is 49.7 Å². The highest BCUT2D eigenvalue weighted by atomic mass is 32.1. The summed E-state index contributed by atoms with van der Waals surface area (Å²) in [6.07, 6.45) is 0. The first-order valence-electron chi connectivity index (χ1n) is 20.9. The molecule has 4 nitrogen and oxygen atoms in total. The van der Waals surface area contributed by atoms with Crippen LogP contribution in [-0.2, 0) is 0 Å². The monoisotopic (exact) mass is 806 g/mol. The van der Waals surface area contributed by atoms with Crippen molar-refractivity contribution in [2.45, 2.75) is 0 Å². The Morgan fingerprint density at radius 3 is 1.81 bits per heavy atom. The Bertz CT molecular complexity index is 3930. The molecule has 0 saturated carbocycles. The molecule has 5 heteroatoms. The average Bonchev–Trinajstić information content (AvgIpc) is 3.87. The topological polar surface area (TPSA) is 43.6 Å². The maximum Gasteiger partial charge on any atom is 0.164 e. The summed E-state index contributed by atoms with van der Waals surface area (Å²) >= 11 is 1.85. The molecule has 0 radical (unpaired) electrons. The normalized spacial score (nSPS) is 11.9. The summed E-state index contributed by atoms with van der Waals surface area (Å²) in [6.45, 7) is 0. The van der Waals surface area contributed by atoms with Gasteiger partial charge in [-0.3, -0.25) is 0 Å². The van der Waals surface area contributed by atoms with Crippen molar-refractivity contribution in [3.63, 3.8) is 0 Å². The standard InChI is InChI=1S/C57H34N4S/c1-2-16-36(17-3-1)55-58-56(44-26-14-21-35-15-6-8-22-41(35)44)60-57(59-55)45-30-29-40(61-49-27-12-10-24-43(49)47-31-37-18-4-5-19-38(37)32-50(47)61)34-48(45)53-42-23-9-7-20-39(42)33-52-54(53)46-25-11-13-28-51(46)62-52/h1-34H. The lowest BCUT2D eigenvalue weighted by Crippen LogP contribution is -2.03. The number of hydrogen-bond donors (Lipinski definition) is 0. The van der Waals surface area contributed by atoms with Crippen molar-refractivity contribution < 1.29 is 0 Å². The van der Waals surface area contributed by atoms with Gasteiger partial charge in [-0.1, -0.05) is 158 Å². The van der Waals surface area contributed by atoms with Gasteiger partial charge in [0.05, 0.1) is 11.0 Å². The summed E-state index contributed by atoms with van der Waals surface area (Å²) in [5.41, 5.74) is 8.47. The summed E-state index contributed by atoms with van der Waals surface area (Å²) in [7, 11) is 0. The molecule has 0 spiro atoms. The van der Waals surface area contributed by atoms with Gasteiger partial charge in [-0.05, 0) is 92.0 Å². The van der Waals surface area contributed by atoms with Gasteiger partial charge in [-0.2, -0.15) is 0 Å². The molecule has 13 rings (SSSR count). The van der Waals surface area contributed by atoms with Gasteiger partial charge in [0.25, 0.3) is 0 Å². The number of aromatic nitrogens is 4. The third-order valence-corrected chi connectivity index (χ3v) is 13.5. The van der Waals surface area contributed by atoms with Crippen molar-refractivity contribution in [1.82, 2.24) is 19.5 Å². The first-order valence-corrected chi connectivity index (χ1v) is 21.7. The number of nitrogens with zero attached hydrogens (tertiary/aromatic N) is 4. The van der Waals surface area contributed by atoms with Crippen molar-refractivity contribution in [2.24, 2.45) is 0 Å². The second kappa shape index (κ2) is 13.8. The highest BCUT2D eigenvalue weighted by molar-refractivity contribution is 7.26. The minimum atomic E-state index is 0.622. The second-order valence-corrected chi connectivity index (χ2v) is 17.0. The van der Waals surface area contributed by atoms with Crippen LogP contribution in [0.4, 0.5) is 0 Å². The minimum absolute atomic E-state index is 0.622. The zero-order valence-electron chi connectivity index (χ0n) is 33.3. The molecule has 0 fully saturated rings. The van der Waals surface area contributed by atoms with Gasteiger partial charge in [0.2, 0.25) is 0 Å². The molecular formula is C57H34N4S. The molecule has 0 aliphatic carbocycles. The van der Waals surface area contributed by atoms with E-state index < -0.39 is 0 Å². The van der Waals surface area contributed by atoms with Crippen molar-refractivity contribution in [1.29, 1.82) is 0 Å². The number of rotatable bonds is 5. The van der Waals surface area contributed by atoms with Gasteiger partial charge in [0, 0.05) is 53.3 Å². The molecular weight excluding hydrogens is 773 g/mol. The van der Waals surface area contributed by atoms with E-state index in [4.69, 9.17) is 15.0 Å². The fraction of sp³-hybridized carbons (Fsp3) is 0. The van der Waals surface area contributed by atoms with Crippen molar-refractivity contribution in [2.75, 3.05) is 0 Å². The van der Waals surface area contributed by atoms with Crippen LogP contribution >= 0.6 is 11.3 Å². The van der Waals surface area contributed by atoms with Crippen LogP contribution in [0.2, 0.25) is 0 Å². The molecule has 3 heterocycles. The van der Waals surface area contributed by atoms with Crippen LogP contribution in [0.3, 0.4) is 0 Å². The molecule has 288 valence electrons. The average molecular weight is 807 g/mol. The van der Waals surface area contributed by atoms with E-state index in [2.05, 4.69) is 193 Å². The largest absolute Gasteiger partial charge is 0.309 e. The number of benzene rings is 10. The Morgan fingerprint density at radius 2 is 0.968 bits per heavy atom. The van der Waals surface area contributed by atoms with Crippen LogP contribution in [0.1, 0.15) is 0 Å². The molecule has 0 N–H and O–H groups in total. The first-order chi connectivity index (χ1) is 30.7. The number of hydrogen-bond acceptors (Lipinski definition) is 4. The van der Waals surface area contributed by atoms with Gasteiger partial charge < -0.3 is 4.57 Å². The Balaban J connectivity index is 1.17. The Labute approximate surface area is 360 Å². The van der Waals surface area contributed by atoms with Crippen LogP contribution in [-0.4, -0.2) is 19.5 Å². The zero-order valence-corrected chi connectivity index (χ0v) is 34.1. The smallest absolute Gasteiger partial charge is 0.164 e. The fourth-order valence-electron chi connectivity index (χ4n) is 9.59. The van der Waals surface area contributed by atoms with Gasteiger partial charge in [0.1, 0.15) is 0 Å². The van der Waals surface area contributed by atoms with Crippen LogP contribution < -0.4 is 0 Å². The number of para-hydroxylation sites is 1. The van der Waals surface area contributed by atoms with E-state index in [1.807, 2.05) is 29.5 Å². The zero-order chi connectivity index (χ0) is 40.7. The highest BCUT2D eigenvalue weighted by Crippen LogP contribution is 2.48. The molecule has 0 bridgehead atoms. The van der Waals surface area contributed by atoms with Crippen molar-refractivity contribution in [3.8, 4) is 51.0 Å². The quantitative estimate of drug-likeness (QED) is 0.174. The Morgan fingerprint density at radius 1 is 0.339 bits per heavy atom. The predicted octanol–water partition coefficient (Wildman–Crippen LogP) is 15.5. The number of fused-ring (bicyclic) bond motifs is 9. The lowest BCUT2D eigenvalue weighted by atomic mass is 9.90. The fourth-order valence-corrected chi connectivity index (χ4v) is 10.8. The van der Waals surface area contributed by atoms with Gasteiger partial charge >= 0.3 is 0 Å². The highest BCUT2D eigenvalue weighted by Gasteiger charge is 2.23. The maximum atomic E-state index is 5.45. The minimum Gasteiger partial charge on any atom is -0.309 e. The van der Waals surface area contributed by atoms with E-state index in [1.165, 1.54) is 58.1 Å². The summed E-state index contributed by atoms with van der Waals surface area (Å²) in [5.74, 6) is 1.89. The number of thiophene rings is 1. The summed E-state index contributed by atoms with van der Waals surface area (Å²) in [5, 5.41) is 12.0. The van der Waals surface area contributed by atoms with Crippen LogP contribution in [0, 0.1) is 0 Å². The molecule has 0 unspecified atom stereocenters. The molecule has 0 amide bonds. The van der Waals surface area contributed by atoms with E-state index in [-0.39, 0.29) is 0 Å². The predicted molar refractivity (Wildman–Crippen MR) is 261 cm³/mol. The molecule has 0 atom stereocenters. The molecule has 0 aliphatic heterocycles. The van der Waals surface area contributed by atoms with Crippen LogP contribution in [0.25, 0.3) is 125 Å².